The number of nitrogens with zero attached hydrogens (tertiary/aromatic N) is 2. The zero-order valence-electron chi connectivity index (χ0n) is 15.9. The number of rotatable bonds is 5. The van der Waals surface area contributed by atoms with Gasteiger partial charge in [0.05, 0.1) is 0 Å². The molecule has 0 N–H and O–H groups in total. The lowest BCUT2D eigenvalue weighted by molar-refractivity contribution is -0.135. The second kappa shape index (κ2) is 8.71. The van der Waals surface area contributed by atoms with Crippen LogP contribution < -0.4 is 4.74 Å². The highest BCUT2D eigenvalue weighted by Gasteiger charge is 2.25. The minimum Gasteiger partial charge on any atom is -0.489 e. The van der Waals surface area contributed by atoms with E-state index in [1.54, 1.807) is 0 Å². The van der Waals surface area contributed by atoms with Crippen molar-refractivity contribution in [1.82, 2.24) is 9.80 Å². The van der Waals surface area contributed by atoms with Gasteiger partial charge in [0.15, 0.2) is 0 Å². The summed E-state index contributed by atoms with van der Waals surface area (Å²) in [5.41, 5.74) is 1.69. The Balaban J connectivity index is 1.53. The third kappa shape index (κ3) is 4.88. The van der Waals surface area contributed by atoms with Crippen LogP contribution in [0.4, 0.5) is 0 Å². The van der Waals surface area contributed by atoms with Gasteiger partial charge in [0.25, 0.3) is 5.91 Å². The minimum absolute atomic E-state index is 0.00194. The molecule has 2 amide bonds. The number of hydrogen-bond acceptors (Lipinski definition) is 3. The summed E-state index contributed by atoms with van der Waals surface area (Å²) in [7, 11) is 0. The van der Waals surface area contributed by atoms with Gasteiger partial charge in [0.2, 0.25) is 5.91 Å². The van der Waals surface area contributed by atoms with Crippen LogP contribution in [-0.4, -0.2) is 47.8 Å². The van der Waals surface area contributed by atoms with Crippen LogP contribution in [0.2, 0.25) is 0 Å². The van der Waals surface area contributed by atoms with E-state index in [0.29, 0.717) is 38.3 Å². The summed E-state index contributed by atoms with van der Waals surface area (Å²) in [6.45, 7) is 6.64. The van der Waals surface area contributed by atoms with Crippen LogP contribution >= 0.6 is 0 Å². The first-order valence-electron chi connectivity index (χ1n) is 9.39. The third-order valence-electron chi connectivity index (χ3n) is 4.72. The van der Waals surface area contributed by atoms with E-state index in [-0.39, 0.29) is 17.7 Å². The van der Waals surface area contributed by atoms with E-state index < -0.39 is 0 Å². The van der Waals surface area contributed by atoms with Gasteiger partial charge in [-0.1, -0.05) is 44.2 Å². The van der Waals surface area contributed by atoms with Crippen LogP contribution in [0.15, 0.2) is 54.6 Å². The average molecular weight is 366 g/mol. The smallest absolute Gasteiger partial charge is 0.253 e. The van der Waals surface area contributed by atoms with Crippen LogP contribution in [-0.2, 0) is 11.4 Å². The summed E-state index contributed by atoms with van der Waals surface area (Å²) in [6, 6.07) is 17.2. The first-order valence-corrected chi connectivity index (χ1v) is 9.39. The Labute approximate surface area is 160 Å². The molecule has 3 rings (SSSR count). The van der Waals surface area contributed by atoms with E-state index in [2.05, 4.69) is 0 Å². The van der Waals surface area contributed by atoms with Crippen molar-refractivity contribution in [3.8, 4) is 5.75 Å². The molecule has 0 unspecified atom stereocenters. The first-order chi connectivity index (χ1) is 13.0. The van der Waals surface area contributed by atoms with E-state index >= 15 is 0 Å². The Kier molecular flexibility index (Phi) is 6.12. The summed E-state index contributed by atoms with van der Waals surface area (Å²) in [6.07, 6.45) is 0. The molecule has 5 heteroatoms. The molecule has 27 heavy (non-hydrogen) atoms. The van der Waals surface area contributed by atoms with Crippen molar-refractivity contribution in [3.63, 3.8) is 0 Å². The molecule has 142 valence electrons. The number of hydrogen-bond donors (Lipinski definition) is 0. The van der Waals surface area contributed by atoms with Crippen molar-refractivity contribution in [2.45, 2.75) is 20.5 Å². The molecule has 1 aliphatic rings. The highest BCUT2D eigenvalue weighted by Crippen LogP contribution is 2.14. The Morgan fingerprint density at radius 3 is 2.07 bits per heavy atom. The lowest BCUT2D eigenvalue weighted by Gasteiger charge is -2.35. The van der Waals surface area contributed by atoms with Crippen molar-refractivity contribution in [2.24, 2.45) is 5.92 Å². The second-order valence-corrected chi connectivity index (χ2v) is 7.07. The van der Waals surface area contributed by atoms with Gasteiger partial charge in [0.1, 0.15) is 12.4 Å². The van der Waals surface area contributed by atoms with Gasteiger partial charge >= 0.3 is 0 Å². The number of piperazine rings is 1. The number of benzene rings is 2. The van der Waals surface area contributed by atoms with E-state index in [1.165, 1.54) is 0 Å². The maximum Gasteiger partial charge on any atom is 0.253 e. The van der Waals surface area contributed by atoms with Crippen LogP contribution in [0, 0.1) is 5.92 Å². The number of para-hydroxylation sites is 1. The Bertz CT molecular complexity index is 764. The summed E-state index contributed by atoms with van der Waals surface area (Å²) >= 11 is 0. The van der Waals surface area contributed by atoms with Crippen molar-refractivity contribution >= 4 is 11.8 Å². The monoisotopic (exact) mass is 366 g/mol. The van der Waals surface area contributed by atoms with Gasteiger partial charge in [-0.2, -0.15) is 0 Å². The molecular weight excluding hydrogens is 340 g/mol. The molecule has 1 saturated heterocycles. The van der Waals surface area contributed by atoms with Crippen LogP contribution in [0.25, 0.3) is 0 Å². The van der Waals surface area contributed by atoms with Gasteiger partial charge in [-0.25, -0.2) is 0 Å². The Hall–Kier alpha value is -2.82. The molecule has 5 nitrogen and oxygen atoms in total. The molecule has 1 aliphatic heterocycles. The molecule has 2 aromatic rings. The van der Waals surface area contributed by atoms with Gasteiger partial charge in [0, 0.05) is 37.7 Å². The standard InChI is InChI=1S/C22H26N2O3/c1-17(2)21(25)23-12-14-24(15-13-23)22(26)19-10-8-18(9-11-19)16-27-20-6-4-3-5-7-20/h3-11,17H,12-16H2,1-2H3. The number of carbonyl (C=O) groups is 2. The summed E-state index contributed by atoms with van der Waals surface area (Å²) < 4.78 is 5.73. The molecule has 1 heterocycles. The lowest BCUT2D eigenvalue weighted by atomic mass is 10.1. The van der Waals surface area contributed by atoms with E-state index in [4.69, 9.17) is 4.74 Å². The molecule has 2 aromatic carbocycles. The highest BCUT2D eigenvalue weighted by atomic mass is 16.5. The second-order valence-electron chi connectivity index (χ2n) is 7.07. The summed E-state index contributed by atoms with van der Waals surface area (Å²) in [5.74, 6) is 0.997. The Morgan fingerprint density at radius 1 is 0.889 bits per heavy atom. The largest absolute Gasteiger partial charge is 0.489 e. The highest BCUT2D eigenvalue weighted by molar-refractivity contribution is 5.94. The van der Waals surface area contributed by atoms with E-state index in [9.17, 15) is 9.59 Å². The van der Waals surface area contributed by atoms with Gasteiger partial charge in [-0.05, 0) is 29.8 Å². The molecule has 0 bridgehead atoms. The lowest BCUT2D eigenvalue weighted by Crippen LogP contribution is -2.51. The summed E-state index contributed by atoms with van der Waals surface area (Å²) in [5, 5.41) is 0. The molecule has 0 radical (unpaired) electrons. The molecule has 1 fully saturated rings. The maximum atomic E-state index is 12.7. The molecular formula is C22H26N2O3. The number of amides is 2. The zero-order valence-corrected chi connectivity index (χ0v) is 15.9. The molecule has 0 saturated carbocycles. The fourth-order valence-electron chi connectivity index (χ4n) is 3.10. The summed E-state index contributed by atoms with van der Waals surface area (Å²) in [4.78, 5) is 28.4. The first kappa shape index (κ1) is 19.0. The predicted molar refractivity (Wildman–Crippen MR) is 105 cm³/mol. The van der Waals surface area contributed by atoms with Crippen molar-refractivity contribution in [2.75, 3.05) is 26.2 Å². The minimum atomic E-state index is -0.00194. The third-order valence-corrected chi connectivity index (χ3v) is 4.72. The molecule has 0 aromatic heterocycles. The van der Waals surface area contributed by atoms with Gasteiger partial charge in [-0.3, -0.25) is 9.59 Å². The zero-order chi connectivity index (χ0) is 19.2. The quantitative estimate of drug-likeness (QED) is 0.816. The molecule has 0 spiro atoms. The fourth-order valence-corrected chi connectivity index (χ4v) is 3.10. The van der Waals surface area contributed by atoms with Gasteiger partial charge in [-0.15, -0.1) is 0 Å². The maximum absolute atomic E-state index is 12.7. The number of ether oxygens (including phenoxy) is 1. The number of carbonyl (C=O) groups excluding carboxylic acids is 2. The normalized spacial score (nSPS) is 14.3. The van der Waals surface area contributed by atoms with Crippen molar-refractivity contribution in [1.29, 1.82) is 0 Å². The predicted octanol–water partition coefficient (Wildman–Crippen LogP) is 3.21. The topological polar surface area (TPSA) is 49.9 Å². The fraction of sp³-hybridized carbons (Fsp3) is 0.364. The van der Waals surface area contributed by atoms with E-state index in [0.717, 1.165) is 11.3 Å². The molecule has 0 atom stereocenters. The van der Waals surface area contributed by atoms with Crippen molar-refractivity contribution in [3.05, 3.63) is 65.7 Å². The van der Waals surface area contributed by atoms with Crippen molar-refractivity contribution < 1.29 is 14.3 Å². The van der Waals surface area contributed by atoms with Crippen LogP contribution in [0.1, 0.15) is 29.8 Å². The SMILES string of the molecule is CC(C)C(=O)N1CCN(C(=O)c2ccc(COc3ccccc3)cc2)CC1. The van der Waals surface area contributed by atoms with Crippen LogP contribution in [0.5, 0.6) is 5.75 Å². The molecule has 0 aliphatic carbocycles. The average Bonchev–Trinajstić information content (AvgIpc) is 2.72. The van der Waals surface area contributed by atoms with Crippen LogP contribution in [0.3, 0.4) is 0 Å². The Morgan fingerprint density at radius 2 is 1.48 bits per heavy atom. The van der Waals surface area contributed by atoms with Gasteiger partial charge < -0.3 is 14.5 Å². The van der Waals surface area contributed by atoms with E-state index in [1.807, 2.05) is 78.2 Å².